The first-order valence-electron chi connectivity index (χ1n) is 10.9. The van der Waals surface area contributed by atoms with Crippen LogP contribution in [0.4, 0.5) is 0 Å². The average molecular weight is 432 g/mol. The summed E-state index contributed by atoms with van der Waals surface area (Å²) in [6.07, 6.45) is 0.620. The van der Waals surface area contributed by atoms with E-state index in [1.807, 2.05) is 84.9 Å². The number of nitrogens with zero attached hydrogens (tertiary/aromatic N) is 1. The molecule has 1 fully saturated rings. The standard InChI is InChI=1S/C27H29NO4/c1-31-24-14-12-22(13-15-24)19-28-26(29)17-16-25(32-20-23-10-6-3-7-11-23)27(28,30)18-21-8-4-2-5-9-21/h2-15,25,30H,16-20H2,1H3/t25-,27?/m0/s1. The lowest BCUT2D eigenvalue weighted by Gasteiger charge is -2.48. The van der Waals surface area contributed by atoms with Crippen LogP contribution in [0, 0.1) is 0 Å². The van der Waals surface area contributed by atoms with Crippen LogP contribution in [0.1, 0.15) is 29.5 Å². The number of likely N-dealkylation sites (tertiary alicyclic amines) is 1. The molecule has 3 aromatic carbocycles. The lowest BCUT2D eigenvalue weighted by Crippen LogP contribution is -2.63. The minimum atomic E-state index is -1.45. The first kappa shape index (κ1) is 22.1. The molecule has 1 heterocycles. The largest absolute Gasteiger partial charge is 0.497 e. The van der Waals surface area contributed by atoms with E-state index < -0.39 is 11.8 Å². The highest BCUT2D eigenvalue weighted by molar-refractivity contribution is 5.78. The second kappa shape index (κ2) is 9.98. The summed E-state index contributed by atoms with van der Waals surface area (Å²) in [6.45, 7) is 0.685. The van der Waals surface area contributed by atoms with E-state index in [1.165, 1.54) is 0 Å². The van der Waals surface area contributed by atoms with E-state index in [4.69, 9.17) is 9.47 Å². The number of hydrogen-bond donors (Lipinski definition) is 1. The molecule has 5 nitrogen and oxygen atoms in total. The number of rotatable bonds is 8. The molecule has 1 aliphatic rings. The van der Waals surface area contributed by atoms with Crippen molar-refractivity contribution in [2.45, 2.75) is 44.2 Å². The Morgan fingerprint density at radius 3 is 2.16 bits per heavy atom. The normalized spacial score (nSPS) is 20.9. The van der Waals surface area contributed by atoms with Gasteiger partial charge in [0.25, 0.3) is 0 Å². The molecule has 1 N–H and O–H groups in total. The van der Waals surface area contributed by atoms with Crippen LogP contribution in [-0.2, 0) is 29.1 Å². The molecule has 1 amide bonds. The van der Waals surface area contributed by atoms with Gasteiger partial charge in [-0.05, 0) is 35.2 Å². The lowest BCUT2D eigenvalue weighted by molar-refractivity contribution is -0.221. The van der Waals surface area contributed by atoms with E-state index in [9.17, 15) is 9.90 Å². The molecule has 0 aromatic heterocycles. The Bertz CT molecular complexity index is 1010. The van der Waals surface area contributed by atoms with Crippen LogP contribution in [0.5, 0.6) is 5.75 Å². The number of ether oxygens (including phenoxy) is 2. The number of benzene rings is 3. The number of aliphatic hydroxyl groups is 1. The van der Waals surface area contributed by atoms with Gasteiger partial charge in [0.2, 0.25) is 5.91 Å². The van der Waals surface area contributed by atoms with Crippen molar-refractivity contribution in [1.29, 1.82) is 0 Å². The number of hydrogen-bond acceptors (Lipinski definition) is 4. The Hall–Kier alpha value is -3.15. The van der Waals surface area contributed by atoms with Gasteiger partial charge in [-0.2, -0.15) is 0 Å². The van der Waals surface area contributed by atoms with Crippen LogP contribution in [0.15, 0.2) is 84.9 Å². The molecule has 166 valence electrons. The van der Waals surface area contributed by atoms with Gasteiger partial charge in [0.05, 0.1) is 13.7 Å². The van der Waals surface area contributed by atoms with Gasteiger partial charge >= 0.3 is 0 Å². The van der Waals surface area contributed by atoms with Crippen molar-refractivity contribution in [1.82, 2.24) is 4.90 Å². The van der Waals surface area contributed by atoms with Crippen LogP contribution < -0.4 is 4.74 Å². The lowest BCUT2D eigenvalue weighted by atomic mass is 9.88. The Morgan fingerprint density at radius 2 is 1.53 bits per heavy atom. The van der Waals surface area contributed by atoms with Crippen molar-refractivity contribution in [3.05, 3.63) is 102 Å². The second-order valence-electron chi connectivity index (χ2n) is 8.19. The minimum Gasteiger partial charge on any atom is -0.497 e. The van der Waals surface area contributed by atoms with Gasteiger partial charge in [-0.1, -0.05) is 72.8 Å². The van der Waals surface area contributed by atoms with E-state index in [1.54, 1.807) is 12.0 Å². The van der Waals surface area contributed by atoms with Gasteiger partial charge in [-0.15, -0.1) is 0 Å². The van der Waals surface area contributed by atoms with Crippen molar-refractivity contribution in [2.24, 2.45) is 0 Å². The summed E-state index contributed by atoms with van der Waals surface area (Å²) >= 11 is 0. The molecule has 0 saturated carbocycles. The molecule has 0 spiro atoms. The molecular weight excluding hydrogens is 402 g/mol. The summed E-state index contributed by atoms with van der Waals surface area (Å²) in [5.74, 6) is 0.682. The van der Waals surface area contributed by atoms with E-state index in [2.05, 4.69) is 0 Å². The fourth-order valence-electron chi connectivity index (χ4n) is 4.24. The SMILES string of the molecule is COc1ccc(CN2C(=O)CC[C@H](OCc3ccccc3)C2(O)Cc2ccccc2)cc1. The zero-order chi connectivity index (χ0) is 22.4. The Morgan fingerprint density at radius 1 is 0.906 bits per heavy atom. The molecular formula is C27H29NO4. The molecule has 2 atom stereocenters. The number of carbonyl (C=O) groups excluding carboxylic acids is 1. The van der Waals surface area contributed by atoms with Crippen molar-refractivity contribution in [3.8, 4) is 5.75 Å². The van der Waals surface area contributed by atoms with Crippen molar-refractivity contribution in [3.63, 3.8) is 0 Å². The molecule has 0 aliphatic carbocycles. The maximum absolute atomic E-state index is 13.0. The molecule has 32 heavy (non-hydrogen) atoms. The summed E-state index contributed by atoms with van der Waals surface area (Å²) < 4.78 is 11.5. The number of methoxy groups -OCH3 is 1. The van der Waals surface area contributed by atoms with Crippen LogP contribution in [0.3, 0.4) is 0 Å². The molecule has 1 saturated heterocycles. The van der Waals surface area contributed by atoms with Gasteiger partial charge in [-0.25, -0.2) is 0 Å². The highest BCUT2D eigenvalue weighted by atomic mass is 16.5. The van der Waals surface area contributed by atoms with Crippen LogP contribution >= 0.6 is 0 Å². The van der Waals surface area contributed by atoms with Crippen molar-refractivity contribution >= 4 is 5.91 Å². The Kier molecular flexibility index (Phi) is 6.88. The maximum Gasteiger partial charge on any atom is 0.225 e. The number of carbonyl (C=O) groups is 1. The fourth-order valence-corrected chi connectivity index (χ4v) is 4.24. The average Bonchev–Trinajstić information content (AvgIpc) is 2.83. The molecule has 0 radical (unpaired) electrons. The highest BCUT2D eigenvalue weighted by Crippen LogP contribution is 2.35. The molecule has 4 rings (SSSR count). The predicted octanol–water partition coefficient (Wildman–Crippen LogP) is 4.33. The summed E-state index contributed by atoms with van der Waals surface area (Å²) in [5.41, 5.74) is 1.46. The molecule has 1 unspecified atom stereocenters. The molecule has 0 bridgehead atoms. The van der Waals surface area contributed by atoms with Crippen molar-refractivity contribution in [2.75, 3.05) is 7.11 Å². The van der Waals surface area contributed by atoms with Crippen LogP contribution in [-0.4, -0.2) is 34.9 Å². The molecule has 3 aromatic rings. The smallest absolute Gasteiger partial charge is 0.225 e. The van der Waals surface area contributed by atoms with E-state index in [-0.39, 0.29) is 5.91 Å². The summed E-state index contributed by atoms with van der Waals surface area (Å²) in [7, 11) is 1.62. The maximum atomic E-state index is 13.0. The van der Waals surface area contributed by atoms with E-state index >= 15 is 0 Å². The minimum absolute atomic E-state index is 0.0705. The Balaban J connectivity index is 1.61. The van der Waals surface area contributed by atoms with Gasteiger partial charge in [0.15, 0.2) is 5.72 Å². The van der Waals surface area contributed by atoms with Gasteiger partial charge in [-0.3, -0.25) is 4.79 Å². The summed E-state index contributed by atoms with van der Waals surface area (Å²) in [4.78, 5) is 14.6. The molecule has 5 heteroatoms. The van der Waals surface area contributed by atoms with Crippen LogP contribution in [0.2, 0.25) is 0 Å². The first-order valence-corrected chi connectivity index (χ1v) is 10.9. The second-order valence-corrected chi connectivity index (χ2v) is 8.19. The third kappa shape index (κ3) is 5.01. The zero-order valence-corrected chi connectivity index (χ0v) is 18.3. The van der Waals surface area contributed by atoms with Gasteiger partial charge in [0.1, 0.15) is 11.9 Å². The van der Waals surface area contributed by atoms with Crippen molar-refractivity contribution < 1.29 is 19.4 Å². The zero-order valence-electron chi connectivity index (χ0n) is 18.3. The third-order valence-corrected chi connectivity index (χ3v) is 6.01. The number of amides is 1. The topological polar surface area (TPSA) is 59.0 Å². The predicted molar refractivity (Wildman–Crippen MR) is 123 cm³/mol. The van der Waals surface area contributed by atoms with Gasteiger partial charge < -0.3 is 19.5 Å². The summed E-state index contributed by atoms with van der Waals surface area (Å²) in [6, 6.07) is 27.2. The fraction of sp³-hybridized carbons (Fsp3) is 0.296. The van der Waals surface area contributed by atoms with E-state index in [0.29, 0.717) is 32.4 Å². The monoisotopic (exact) mass is 431 g/mol. The van der Waals surface area contributed by atoms with Gasteiger partial charge in [0, 0.05) is 19.4 Å². The third-order valence-electron chi connectivity index (χ3n) is 6.01. The summed E-state index contributed by atoms with van der Waals surface area (Å²) in [5, 5.41) is 12.0. The highest BCUT2D eigenvalue weighted by Gasteiger charge is 2.48. The van der Waals surface area contributed by atoms with E-state index in [0.717, 1.165) is 22.4 Å². The number of piperidine rings is 1. The first-order chi connectivity index (χ1) is 15.6. The van der Waals surface area contributed by atoms with Crippen LogP contribution in [0.25, 0.3) is 0 Å². The Labute approximate surface area is 189 Å². The molecule has 1 aliphatic heterocycles. The quantitative estimate of drug-likeness (QED) is 0.577.